The van der Waals surface area contributed by atoms with Crippen LogP contribution < -0.4 is 5.32 Å². The number of morpholine rings is 1. The van der Waals surface area contributed by atoms with Crippen LogP contribution in [-0.4, -0.2) is 43.2 Å². The van der Waals surface area contributed by atoms with Crippen LogP contribution in [0.3, 0.4) is 0 Å². The third-order valence-electron chi connectivity index (χ3n) is 3.29. The number of hydrogen-bond donors (Lipinski definition) is 1. The maximum atomic E-state index is 12.4. The molecule has 0 unspecified atom stereocenters. The van der Waals surface area contributed by atoms with E-state index in [4.69, 9.17) is 4.74 Å². The topological polar surface area (TPSA) is 41.6 Å². The van der Waals surface area contributed by atoms with Crippen LogP contribution in [0, 0.1) is 0 Å². The molecule has 1 amide bonds. The van der Waals surface area contributed by atoms with Gasteiger partial charge in [-0.15, -0.1) is 12.4 Å². The second-order valence-corrected chi connectivity index (χ2v) is 5.74. The van der Waals surface area contributed by atoms with Gasteiger partial charge in [-0.2, -0.15) is 0 Å². The number of carbonyl (C=O) groups is 1. The fourth-order valence-electron chi connectivity index (χ4n) is 2.19. The molecule has 1 fully saturated rings. The van der Waals surface area contributed by atoms with Crippen LogP contribution in [0.15, 0.2) is 28.7 Å². The Morgan fingerprint density at radius 1 is 1.45 bits per heavy atom. The number of rotatable bonds is 3. The van der Waals surface area contributed by atoms with E-state index >= 15 is 0 Å². The summed E-state index contributed by atoms with van der Waals surface area (Å²) in [5.41, 5.74) is 1.11. The summed E-state index contributed by atoms with van der Waals surface area (Å²) in [5.74, 6) is 0.0788. The Morgan fingerprint density at radius 3 is 2.70 bits per heavy atom. The molecule has 0 bridgehead atoms. The first-order valence-corrected chi connectivity index (χ1v) is 7.21. The molecule has 0 saturated carbocycles. The zero-order chi connectivity index (χ0) is 13.8. The lowest BCUT2D eigenvalue weighted by atomic mass is 10.1. The van der Waals surface area contributed by atoms with Crippen LogP contribution in [-0.2, 0) is 16.1 Å². The number of likely N-dealkylation sites (N-methyl/N-ethyl adjacent to an activating group) is 1. The Kier molecular flexibility index (Phi) is 6.95. The Balaban J connectivity index is 0.00000200. The Labute approximate surface area is 134 Å². The quantitative estimate of drug-likeness (QED) is 0.895. The van der Waals surface area contributed by atoms with Gasteiger partial charge in [-0.25, -0.2) is 0 Å². The van der Waals surface area contributed by atoms with Crippen molar-refractivity contribution in [3.05, 3.63) is 34.3 Å². The van der Waals surface area contributed by atoms with Gasteiger partial charge < -0.3 is 15.0 Å². The van der Waals surface area contributed by atoms with Crippen molar-refractivity contribution in [3.63, 3.8) is 0 Å². The summed E-state index contributed by atoms with van der Waals surface area (Å²) in [6.45, 7) is 3.94. The highest BCUT2D eigenvalue weighted by atomic mass is 79.9. The zero-order valence-corrected chi connectivity index (χ0v) is 14.0. The Hall–Kier alpha value is -0.620. The van der Waals surface area contributed by atoms with E-state index in [0.29, 0.717) is 13.2 Å². The maximum absolute atomic E-state index is 12.4. The van der Waals surface area contributed by atoms with Crippen molar-refractivity contribution in [1.29, 1.82) is 0 Å². The highest BCUT2D eigenvalue weighted by Crippen LogP contribution is 2.13. The van der Waals surface area contributed by atoms with E-state index < -0.39 is 0 Å². The van der Waals surface area contributed by atoms with Gasteiger partial charge in [0.2, 0.25) is 5.91 Å². The summed E-state index contributed by atoms with van der Waals surface area (Å²) in [5, 5.41) is 3.22. The number of ether oxygens (including phenoxy) is 1. The number of benzene rings is 1. The van der Waals surface area contributed by atoms with Crippen molar-refractivity contribution in [3.8, 4) is 0 Å². The van der Waals surface area contributed by atoms with E-state index in [2.05, 4.69) is 21.2 Å². The van der Waals surface area contributed by atoms with Crippen LogP contribution in [0.1, 0.15) is 12.5 Å². The number of amides is 1. The highest BCUT2D eigenvalue weighted by molar-refractivity contribution is 9.10. The van der Waals surface area contributed by atoms with Gasteiger partial charge >= 0.3 is 0 Å². The molecule has 0 spiro atoms. The van der Waals surface area contributed by atoms with Crippen molar-refractivity contribution in [2.24, 2.45) is 0 Å². The molecule has 1 N–H and O–H groups in total. The molecule has 2 atom stereocenters. The van der Waals surface area contributed by atoms with E-state index in [-0.39, 0.29) is 30.5 Å². The zero-order valence-electron chi connectivity index (χ0n) is 11.6. The fourth-order valence-corrected chi connectivity index (χ4v) is 2.45. The fraction of sp³-hybridized carbons (Fsp3) is 0.500. The Bertz CT molecular complexity index is 441. The summed E-state index contributed by atoms with van der Waals surface area (Å²) in [4.78, 5) is 14.1. The second-order valence-electron chi connectivity index (χ2n) is 4.83. The number of hydrogen-bond acceptors (Lipinski definition) is 3. The van der Waals surface area contributed by atoms with Gasteiger partial charge in [0.15, 0.2) is 0 Å². The SMILES string of the molecule is C[C@H]1OCCN[C@@H]1C(=O)N(C)Cc1ccc(Br)cc1.Cl. The maximum Gasteiger partial charge on any atom is 0.242 e. The monoisotopic (exact) mass is 362 g/mol. The van der Waals surface area contributed by atoms with Crippen LogP contribution in [0.5, 0.6) is 0 Å². The lowest BCUT2D eigenvalue weighted by Gasteiger charge is -2.32. The number of nitrogens with zero attached hydrogens (tertiary/aromatic N) is 1. The van der Waals surface area contributed by atoms with E-state index in [1.54, 1.807) is 4.90 Å². The summed E-state index contributed by atoms with van der Waals surface area (Å²) in [6.07, 6.45) is -0.0754. The molecule has 112 valence electrons. The molecule has 2 rings (SSSR count). The Morgan fingerprint density at radius 2 is 2.10 bits per heavy atom. The summed E-state index contributed by atoms with van der Waals surface area (Å²) in [6, 6.07) is 7.76. The van der Waals surface area contributed by atoms with Gasteiger partial charge in [-0.05, 0) is 24.6 Å². The molecular weight excluding hydrogens is 344 g/mol. The van der Waals surface area contributed by atoms with Crippen molar-refractivity contribution >= 4 is 34.2 Å². The number of halogens is 2. The molecule has 6 heteroatoms. The first-order valence-electron chi connectivity index (χ1n) is 6.42. The van der Waals surface area contributed by atoms with Crippen molar-refractivity contribution in [2.75, 3.05) is 20.2 Å². The first-order chi connectivity index (χ1) is 9.08. The van der Waals surface area contributed by atoms with E-state index in [9.17, 15) is 4.79 Å². The number of carbonyl (C=O) groups excluding carboxylic acids is 1. The van der Waals surface area contributed by atoms with E-state index in [1.807, 2.05) is 38.2 Å². The molecule has 1 aromatic carbocycles. The first kappa shape index (κ1) is 17.4. The predicted octanol–water partition coefficient (Wildman–Crippen LogP) is 2.21. The standard InChI is InChI=1S/C14H19BrN2O2.ClH/c1-10-13(16-7-8-19-10)14(18)17(2)9-11-3-5-12(15)6-4-11;/h3-6,10,13,16H,7-9H2,1-2H3;1H/t10-,13+;/m1./s1. The van der Waals surface area contributed by atoms with Crippen LogP contribution >= 0.6 is 28.3 Å². The van der Waals surface area contributed by atoms with Crippen LogP contribution in [0.4, 0.5) is 0 Å². The molecule has 1 heterocycles. The molecule has 20 heavy (non-hydrogen) atoms. The van der Waals surface area contributed by atoms with Gasteiger partial charge in [0, 0.05) is 24.6 Å². The molecule has 0 aromatic heterocycles. The van der Waals surface area contributed by atoms with Crippen molar-refractivity contribution < 1.29 is 9.53 Å². The second kappa shape index (κ2) is 7.98. The molecule has 1 aliphatic heterocycles. The molecule has 1 aromatic rings. The summed E-state index contributed by atoms with van der Waals surface area (Å²) < 4.78 is 6.55. The molecular formula is C14H20BrClN2O2. The molecule has 0 radical (unpaired) electrons. The van der Waals surface area contributed by atoms with Gasteiger partial charge in [0.25, 0.3) is 0 Å². The average Bonchev–Trinajstić information content (AvgIpc) is 2.41. The normalized spacial score (nSPS) is 21.9. The van der Waals surface area contributed by atoms with E-state index in [1.165, 1.54) is 0 Å². The minimum Gasteiger partial charge on any atom is -0.375 e. The summed E-state index contributed by atoms with van der Waals surface area (Å²) in [7, 11) is 1.83. The van der Waals surface area contributed by atoms with Gasteiger partial charge in [-0.3, -0.25) is 4.79 Å². The minimum atomic E-state index is -0.241. The van der Waals surface area contributed by atoms with Crippen molar-refractivity contribution in [1.82, 2.24) is 10.2 Å². The van der Waals surface area contributed by atoms with Crippen LogP contribution in [0.25, 0.3) is 0 Å². The van der Waals surface area contributed by atoms with Crippen LogP contribution in [0.2, 0.25) is 0 Å². The molecule has 1 aliphatic rings. The minimum absolute atomic E-state index is 0. The highest BCUT2D eigenvalue weighted by Gasteiger charge is 2.30. The summed E-state index contributed by atoms with van der Waals surface area (Å²) >= 11 is 3.40. The third-order valence-corrected chi connectivity index (χ3v) is 3.82. The van der Waals surface area contributed by atoms with Gasteiger partial charge in [0.05, 0.1) is 12.7 Å². The lowest BCUT2D eigenvalue weighted by molar-refractivity contribution is -0.138. The lowest BCUT2D eigenvalue weighted by Crippen LogP contribution is -2.55. The number of nitrogens with one attached hydrogen (secondary N) is 1. The average molecular weight is 364 g/mol. The molecule has 4 nitrogen and oxygen atoms in total. The van der Waals surface area contributed by atoms with Gasteiger partial charge in [-0.1, -0.05) is 28.1 Å². The smallest absolute Gasteiger partial charge is 0.242 e. The predicted molar refractivity (Wildman–Crippen MR) is 85.1 cm³/mol. The van der Waals surface area contributed by atoms with E-state index in [0.717, 1.165) is 16.6 Å². The van der Waals surface area contributed by atoms with Crippen molar-refractivity contribution in [2.45, 2.75) is 25.6 Å². The largest absolute Gasteiger partial charge is 0.375 e. The molecule has 0 aliphatic carbocycles. The van der Waals surface area contributed by atoms with Gasteiger partial charge in [0.1, 0.15) is 6.04 Å². The third kappa shape index (κ3) is 4.45. The molecule has 1 saturated heterocycles.